The summed E-state index contributed by atoms with van der Waals surface area (Å²) in [4.78, 5) is 5.63. The van der Waals surface area contributed by atoms with Crippen LogP contribution in [0.4, 0.5) is 0 Å². The number of thiazole rings is 1. The monoisotopic (exact) mass is 242 g/mol. The summed E-state index contributed by atoms with van der Waals surface area (Å²) in [6.45, 7) is 9.92. The molecule has 1 rings (SSSR count). The molecule has 92 valence electrons. The maximum absolute atomic E-state index is 5.48. The summed E-state index contributed by atoms with van der Waals surface area (Å²) < 4.78 is 5.48. The first-order valence-corrected chi connectivity index (χ1v) is 6.76. The smallest absolute Gasteiger partial charge is 0.0925 e. The highest BCUT2D eigenvalue weighted by Gasteiger charge is 1.99. The fourth-order valence-corrected chi connectivity index (χ4v) is 2.10. The Morgan fingerprint density at radius 1 is 1.50 bits per heavy atom. The topological polar surface area (TPSA) is 34.2 Å². The third-order valence-electron chi connectivity index (χ3n) is 2.08. The van der Waals surface area contributed by atoms with Gasteiger partial charge in [-0.1, -0.05) is 20.8 Å². The van der Waals surface area contributed by atoms with Crippen LogP contribution >= 0.6 is 11.3 Å². The zero-order valence-electron chi connectivity index (χ0n) is 10.5. The van der Waals surface area contributed by atoms with Gasteiger partial charge in [-0.2, -0.15) is 0 Å². The summed E-state index contributed by atoms with van der Waals surface area (Å²) in [7, 11) is 0. The summed E-state index contributed by atoms with van der Waals surface area (Å²) in [6.07, 6.45) is 2.99. The van der Waals surface area contributed by atoms with Gasteiger partial charge in [0.2, 0.25) is 0 Å². The first kappa shape index (κ1) is 13.6. The van der Waals surface area contributed by atoms with Crippen molar-refractivity contribution in [3.63, 3.8) is 0 Å². The predicted molar refractivity (Wildman–Crippen MR) is 68.9 cm³/mol. The lowest BCUT2D eigenvalue weighted by Gasteiger charge is -2.06. The number of nitrogens with zero attached hydrogens (tertiary/aromatic N) is 1. The van der Waals surface area contributed by atoms with Gasteiger partial charge in [-0.3, -0.25) is 0 Å². The summed E-state index contributed by atoms with van der Waals surface area (Å²) in [6, 6.07) is 0. The molecule has 0 aliphatic rings. The lowest BCUT2D eigenvalue weighted by Crippen LogP contribution is -2.19. The van der Waals surface area contributed by atoms with Crippen molar-refractivity contribution in [2.45, 2.75) is 33.7 Å². The van der Waals surface area contributed by atoms with Crippen molar-refractivity contribution in [1.82, 2.24) is 10.3 Å². The Balaban J connectivity index is 2.02. The molecule has 0 amide bonds. The molecule has 3 nitrogen and oxygen atoms in total. The van der Waals surface area contributed by atoms with Gasteiger partial charge in [0.1, 0.15) is 0 Å². The molecule has 0 radical (unpaired) electrons. The highest BCUT2D eigenvalue weighted by atomic mass is 32.1. The minimum absolute atomic E-state index is 0.619. The van der Waals surface area contributed by atoms with Gasteiger partial charge in [-0.25, -0.2) is 4.98 Å². The van der Waals surface area contributed by atoms with Gasteiger partial charge in [-0.05, 0) is 12.3 Å². The van der Waals surface area contributed by atoms with E-state index in [1.54, 1.807) is 11.3 Å². The van der Waals surface area contributed by atoms with Crippen molar-refractivity contribution in [3.8, 4) is 0 Å². The second-order valence-electron chi connectivity index (χ2n) is 4.22. The van der Waals surface area contributed by atoms with Crippen molar-refractivity contribution in [2.24, 2.45) is 5.92 Å². The molecule has 0 aliphatic carbocycles. The van der Waals surface area contributed by atoms with Crippen LogP contribution in [0.25, 0.3) is 0 Å². The van der Waals surface area contributed by atoms with E-state index >= 15 is 0 Å². The third-order valence-corrected chi connectivity index (χ3v) is 3.22. The Morgan fingerprint density at radius 3 is 2.94 bits per heavy atom. The van der Waals surface area contributed by atoms with E-state index in [0.717, 1.165) is 32.7 Å². The number of aromatic nitrogens is 1. The van der Waals surface area contributed by atoms with Crippen molar-refractivity contribution in [2.75, 3.05) is 19.8 Å². The fourth-order valence-electron chi connectivity index (χ4n) is 1.27. The number of aryl methyl sites for hydroxylation is 1. The zero-order valence-corrected chi connectivity index (χ0v) is 11.3. The van der Waals surface area contributed by atoms with E-state index in [0.29, 0.717) is 5.92 Å². The van der Waals surface area contributed by atoms with Gasteiger partial charge in [0.15, 0.2) is 0 Å². The van der Waals surface area contributed by atoms with E-state index in [1.807, 2.05) is 6.20 Å². The molecule has 16 heavy (non-hydrogen) atoms. The molecule has 0 spiro atoms. The number of hydrogen-bond acceptors (Lipinski definition) is 4. The third kappa shape index (κ3) is 5.58. The molecule has 0 bridgehead atoms. The summed E-state index contributed by atoms with van der Waals surface area (Å²) in [5.74, 6) is 0.619. The van der Waals surface area contributed by atoms with Gasteiger partial charge in [0.05, 0.1) is 11.6 Å². The Labute approximate surface area is 102 Å². The minimum Gasteiger partial charge on any atom is -0.380 e. The predicted octanol–water partition coefficient (Wildman–Crippen LogP) is 2.47. The Kier molecular flexibility index (Phi) is 6.61. The lowest BCUT2D eigenvalue weighted by molar-refractivity contribution is 0.111. The van der Waals surface area contributed by atoms with Crippen LogP contribution in [0.1, 0.15) is 30.7 Å². The first-order valence-electron chi connectivity index (χ1n) is 5.94. The maximum Gasteiger partial charge on any atom is 0.0925 e. The number of ether oxygens (including phenoxy) is 1. The molecule has 0 atom stereocenters. The van der Waals surface area contributed by atoms with Crippen LogP contribution in [0.5, 0.6) is 0 Å². The second-order valence-corrected chi connectivity index (χ2v) is 5.42. The van der Waals surface area contributed by atoms with Crippen molar-refractivity contribution < 1.29 is 4.74 Å². The quantitative estimate of drug-likeness (QED) is 0.711. The highest BCUT2D eigenvalue weighted by Crippen LogP contribution is 2.12. The molecule has 0 saturated heterocycles. The summed E-state index contributed by atoms with van der Waals surface area (Å²) >= 11 is 1.79. The van der Waals surface area contributed by atoms with E-state index in [2.05, 4.69) is 31.1 Å². The van der Waals surface area contributed by atoms with Crippen molar-refractivity contribution in [3.05, 3.63) is 16.1 Å². The molecule has 0 fully saturated rings. The van der Waals surface area contributed by atoms with E-state index in [4.69, 9.17) is 4.74 Å². The Bertz CT molecular complexity index is 286. The molecule has 0 aromatic carbocycles. The van der Waals surface area contributed by atoms with Crippen LogP contribution in [0.2, 0.25) is 0 Å². The molecule has 1 heterocycles. The van der Waals surface area contributed by atoms with Crippen LogP contribution in [0.15, 0.2) is 6.20 Å². The normalized spacial score (nSPS) is 11.2. The zero-order chi connectivity index (χ0) is 11.8. The summed E-state index contributed by atoms with van der Waals surface area (Å²) in [5, 5.41) is 4.57. The van der Waals surface area contributed by atoms with E-state index in [9.17, 15) is 0 Å². The molecule has 1 aromatic heterocycles. The summed E-state index contributed by atoms with van der Waals surface area (Å²) in [5.41, 5.74) is 0. The average molecular weight is 242 g/mol. The van der Waals surface area contributed by atoms with Crippen molar-refractivity contribution in [1.29, 1.82) is 0 Å². The van der Waals surface area contributed by atoms with Crippen LogP contribution in [0, 0.1) is 5.92 Å². The van der Waals surface area contributed by atoms with Crippen LogP contribution in [-0.4, -0.2) is 24.7 Å². The van der Waals surface area contributed by atoms with E-state index < -0.39 is 0 Å². The number of rotatable bonds is 8. The largest absolute Gasteiger partial charge is 0.380 e. The van der Waals surface area contributed by atoms with Gasteiger partial charge >= 0.3 is 0 Å². The van der Waals surface area contributed by atoms with Gasteiger partial charge in [0, 0.05) is 30.8 Å². The SMILES string of the molecule is CCc1ncc(CNCCOCC(C)C)s1. The first-order chi connectivity index (χ1) is 7.72. The second kappa shape index (κ2) is 7.76. The van der Waals surface area contributed by atoms with Crippen LogP contribution in [0.3, 0.4) is 0 Å². The average Bonchev–Trinajstić information content (AvgIpc) is 2.70. The minimum atomic E-state index is 0.619. The molecular weight excluding hydrogens is 220 g/mol. The molecule has 0 aliphatic heterocycles. The van der Waals surface area contributed by atoms with Gasteiger partial charge in [-0.15, -0.1) is 11.3 Å². The van der Waals surface area contributed by atoms with Crippen molar-refractivity contribution >= 4 is 11.3 Å². The maximum atomic E-state index is 5.48. The highest BCUT2D eigenvalue weighted by molar-refractivity contribution is 7.11. The molecule has 0 unspecified atom stereocenters. The lowest BCUT2D eigenvalue weighted by atomic mass is 10.2. The van der Waals surface area contributed by atoms with Gasteiger partial charge < -0.3 is 10.1 Å². The fraction of sp³-hybridized carbons (Fsp3) is 0.750. The molecule has 0 saturated carbocycles. The van der Waals surface area contributed by atoms with Gasteiger partial charge in [0.25, 0.3) is 0 Å². The van der Waals surface area contributed by atoms with Crippen LogP contribution < -0.4 is 5.32 Å². The number of nitrogens with one attached hydrogen (secondary N) is 1. The van der Waals surface area contributed by atoms with Crippen LogP contribution in [-0.2, 0) is 17.7 Å². The molecular formula is C12H22N2OS. The number of hydrogen-bond donors (Lipinski definition) is 1. The molecule has 1 N–H and O–H groups in total. The molecule has 1 aromatic rings. The Morgan fingerprint density at radius 2 is 2.31 bits per heavy atom. The molecule has 4 heteroatoms. The Hall–Kier alpha value is -0.450. The van der Waals surface area contributed by atoms with E-state index in [-0.39, 0.29) is 0 Å². The standard InChI is InChI=1S/C12H22N2OS/c1-4-12-14-8-11(16-12)7-13-5-6-15-9-10(2)3/h8,10,13H,4-7,9H2,1-3H3. The van der Waals surface area contributed by atoms with E-state index in [1.165, 1.54) is 9.88 Å².